The van der Waals surface area contributed by atoms with E-state index in [-0.39, 0.29) is 16.1 Å². The Hall–Kier alpha value is -5.41. The zero-order chi connectivity index (χ0) is 35.2. The minimum absolute atomic E-state index is 0.195. The van der Waals surface area contributed by atoms with Crippen LogP contribution in [0.4, 0.5) is 0 Å². The van der Waals surface area contributed by atoms with E-state index in [1.807, 2.05) is 36.4 Å². The van der Waals surface area contributed by atoms with Crippen molar-refractivity contribution in [3.05, 3.63) is 86.8 Å². The second-order valence-corrected chi connectivity index (χ2v) is 11.8. The van der Waals surface area contributed by atoms with Crippen molar-refractivity contribution >= 4 is 51.9 Å². The third-order valence-electron chi connectivity index (χ3n) is 7.35. The van der Waals surface area contributed by atoms with Crippen LogP contribution in [0, 0.1) is 0 Å². The molecule has 0 saturated carbocycles. The maximum absolute atomic E-state index is 12.8. The molecule has 1 saturated heterocycles. The fourth-order valence-corrected chi connectivity index (χ4v) is 6.23. The molecule has 256 valence electrons. The van der Waals surface area contributed by atoms with Crippen molar-refractivity contribution in [2.45, 2.75) is 65.3 Å². The predicted octanol–water partition coefficient (Wildman–Crippen LogP) is 3.90. The first-order valence-corrected chi connectivity index (χ1v) is 16.0. The summed E-state index contributed by atoms with van der Waals surface area (Å²) in [4.78, 5) is 62.1. The number of esters is 4. The summed E-state index contributed by atoms with van der Waals surface area (Å²) in [5.41, 5.74) is 1.53. The normalized spacial score (nSPS) is 21.2. The monoisotopic (exact) mass is 691 g/mol. The van der Waals surface area contributed by atoms with Gasteiger partial charge in [0.25, 0.3) is 0 Å². The zero-order valence-electron chi connectivity index (χ0n) is 27.2. The van der Waals surface area contributed by atoms with Gasteiger partial charge in [0.05, 0.1) is 17.0 Å². The maximum atomic E-state index is 12.8. The lowest BCUT2D eigenvalue weighted by Gasteiger charge is -2.45. The third kappa shape index (κ3) is 8.18. The minimum Gasteiger partial charge on any atom is -0.463 e. The molecule has 0 N–H and O–H groups in total. The Morgan fingerprint density at radius 3 is 2.12 bits per heavy atom. The second-order valence-electron chi connectivity index (χ2n) is 11.0. The van der Waals surface area contributed by atoms with E-state index >= 15 is 0 Å². The molecule has 3 heterocycles. The maximum Gasteiger partial charge on any atom is 0.345 e. The molecule has 1 aliphatic heterocycles. The van der Waals surface area contributed by atoms with Crippen molar-refractivity contribution in [3.8, 4) is 11.3 Å². The first-order valence-electron chi connectivity index (χ1n) is 15.1. The van der Waals surface area contributed by atoms with Crippen LogP contribution >= 0.6 is 11.3 Å². The van der Waals surface area contributed by atoms with Crippen molar-refractivity contribution in [2.75, 3.05) is 6.61 Å². The quantitative estimate of drug-likeness (QED) is 0.0819. The van der Waals surface area contributed by atoms with E-state index in [4.69, 9.17) is 28.1 Å². The Labute approximate surface area is 283 Å². The van der Waals surface area contributed by atoms with Gasteiger partial charge in [-0.1, -0.05) is 48.5 Å². The summed E-state index contributed by atoms with van der Waals surface area (Å²) in [7, 11) is 0. The number of nitrogens with zero attached hydrogens (tertiary/aromatic N) is 3. The first-order chi connectivity index (χ1) is 23.4. The highest BCUT2D eigenvalue weighted by atomic mass is 32.1. The lowest BCUT2D eigenvalue weighted by atomic mass is 9.96. The SMILES string of the molecule is CC(=O)OC[C@H]1O[C@@H](n2c(-c3ccccc3)cs/c2=N\N=C(/C)c2cc3ccccc3oc2=O)[C@H](OC(C)=O)[C@@H](OC(C)=O)[C@@H]1OC(C)=O. The van der Waals surface area contributed by atoms with E-state index in [9.17, 15) is 24.0 Å². The molecule has 0 amide bonds. The van der Waals surface area contributed by atoms with Gasteiger partial charge in [-0.25, -0.2) is 4.79 Å². The highest BCUT2D eigenvalue weighted by molar-refractivity contribution is 7.07. The largest absolute Gasteiger partial charge is 0.463 e. The summed E-state index contributed by atoms with van der Waals surface area (Å²) < 4.78 is 35.7. The number of thiazole rings is 1. The van der Waals surface area contributed by atoms with Gasteiger partial charge in [0.2, 0.25) is 4.80 Å². The van der Waals surface area contributed by atoms with Crippen LogP contribution < -0.4 is 10.4 Å². The van der Waals surface area contributed by atoms with Gasteiger partial charge in [0.1, 0.15) is 18.3 Å². The van der Waals surface area contributed by atoms with Crippen molar-refractivity contribution < 1.29 is 47.3 Å². The molecule has 1 fully saturated rings. The van der Waals surface area contributed by atoms with E-state index in [0.29, 0.717) is 22.2 Å². The van der Waals surface area contributed by atoms with Gasteiger partial charge in [0, 0.05) is 38.5 Å². The van der Waals surface area contributed by atoms with Crippen LogP contribution in [0.2, 0.25) is 0 Å². The standard InChI is InChI=1S/C34H33N3O11S/c1-18(25-15-24-13-9-10-14-27(24)48-33(25)42)35-36-34-37(26(17-49-34)23-11-7-6-8-12-23)32-31(46-22(5)41)30(45-21(4)40)29(44-20(3)39)28(47-32)16-43-19(2)38/h6-15,17,28-32H,16H2,1-5H3/b35-18+,36-34-/t28-,29-,30+,31-,32-/m1/s1. The Morgan fingerprint density at radius 2 is 1.45 bits per heavy atom. The summed E-state index contributed by atoms with van der Waals surface area (Å²) in [6, 6.07) is 17.9. The zero-order valence-corrected chi connectivity index (χ0v) is 28.0. The van der Waals surface area contributed by atoms with E-state index in [1.54, 1.807) is 41.1 Å². The van der Waals surface area contributed by atoms with Crippen molar-refractivity contribution in [1.82, 2.24) is 4.57 Å². The number of carbonyl (C=O) groups is 4. The molecule has 5 rings (SSSR count). The van der Waals surface area contributed by atoms with Crippen LogP contribution in [0.3, 0.4) is 0 Å². The molecule has 0 bridgehead atoms. The Bertz CT molecular complexity index is 2030. The Balaban J connectivity index is 1.71. The van der Waals surface area contributed by atoms with Crippen LogP contribution in [-0.2, 0) is 42.9 Å². The molecule has 5 atom stereocenters. The topological polar surface area (TPSA) is 174 Å². The lowest BCUT2D eigenvalue weighted by Crippen LogP contribution is -2.61. The summed E-state index contributed by atoms with van der Waals surface area (Å²) >= 11 is 1.16. The second kappa shape index (κ2) is 15.2. The predicted molar refractivity (Wildman–Crippen MR) is 175 cm³/mol. The molecule has 1 aliphatic rings. The molecule has 0 aliphatic carbocycles. The van der Waals surface area contributed by atoms with E-state index in [0.717, 1.165) is 32.1 Å². The highest BCUT2D eigenvalue weighted by Crippen LogP contribution is 2.37. The highest BCUT2D eigenvalue weighted by Gasteiger charge is 2.53. The molecule has 2 aromatic heterocycles. The molecular formula is C34H33N3O11S. The average Bonchev–Trinajstić information content (AvgIpc) is 3.47. The van der Waals surface area contributed by atoms with Gasteiger partial charge in [-0.05, 0) is 24.6 Å². The van der Waals surface area contributed by atoms with Gasteiger partial charge in [-0.3, -0.25) is 23.7 Å². The molecule has 0 radical (unpaired) electrons. The van der Waals surface area contributed by atoms with Crippen LogP contribution in [0.5, 0.6) is 0 Å². The minimum atomic E-state index is -1.40. The molecule has 2 aromatic carbocycles. The van der Waals surface area contributed by atoms with Gasteiger partial charge < -0.3 is 28.1 Å². The van der Waals surface area contributed by atoms with Crippen LogP contribution in [-0.4, -0.2) is 65.2 Å². The third-order valence-corrected chi connectivity index (χ3v) is 8.18. The number of hydrogen-bond donors (Lipinski definition) is 0. The molecule has 15 heteroatoms. The summed E-state index contributed by atoms with van der Waals surface area (Å²) in [5, 5.41) is 11.3. The van der Waals surface area contributed by atoms with E-state index in [2.05, 4.69) is 10.2 Å². The summed E-state index contributed by atoms with van der Waals surface area (Å²) in [6.07, 6.45) is -6.62. The van der Waals surface area contributed by atoms with Gasteiger partial charge in [-0.2, -0.15) is 5.10 Å². The first kappa shape index (κ1) is 34.9. The molecule has 4 aromatic rings. The number of para-hydroxylation sites is 1. The Morgan fingerprint density at radius 1 is 0.816 bits per heavy atom. The smallest absolute Gasteiger partial charge is 0.345 e. The molecule has 49 heavy (non-hydrogen) atoms. The Kier molecular flexibility index (Phi) is 10.8. The van der Waals surface area contributed by atoms with Crippen molar-refractivity contribution in [3.63, 3.8) is 0 Å². The fraction of sp³-hybridized carbons (Fsp3) is 0.324. The number of aromatic nitrogens is 1. The number of fused-ring (bicyclic) bond motifs is 1. The fourth-order valence-electron chi connectivity index (χ4n) is 5.36. The lowest BCUT2D eigenvalue weighted by molar-refractivity contribution is -0.268. The van der Waals surface area contributed by atoms with E-state index in [1.165, 1.54) is 6.92 Å². The summed E-state index contributed by atoms with van der Waals surface area (Å²) in [6.45, 7) is 5.86. The van der Waals surface area contributed by atoms with Gasteiger partial charge in [-0.15, -0.1) is 16.4 Å². The van der Waals surface area contributed by atoms with Crippen LogP contribution in [0.15, 0.2) is 85.5 Å². The molecular weight excluding hydrogens is 658 g/mol. The van der Waals surface area contributed by atoms with Gasteiger partial charge >= 0.3 is 29.5 Å². The number of benzene rings is 2. The van der Waals surface area contributed by atoms with E-state index < -0.39 is 66.8 Å². The summed E-state index contributed by atoms with van der Waals surface area (Å²) in [5.74, 6) is -2.89. The number of rotatable bonds is 9. The number of ether oxygens (including phenoxy) is 5. The van der Waals surface area contributed by atoms with Crippen LogP contribution in [0.25, 0.3) is 22.2 Å². The number of carbonyl (C=O) groups excluding carboxylic acids is 4. The molecule has 0 spiro atoms. The number of hydrogen-bond acceptors (Lipinski definition) is 14. The molecule has 0 unspecified atom stereocenters. The molecule has 14 nitrogen and oxygen atoms in total. The van der Waals surface area contributed by atoms with Crippen molar-refractivity contribution in [1.29, 1.82) is 0 Å². The average molecular weight is 692 g/mol. The van der Waals surface area contributed by atoms with Gasteiger partial charge in [0.15, 0.2) is 24.5 Å². The van der Waals surface area contributed by atoms with Crippen LogP contribution in [0.1, 0.15) is 46.4 Å². The van der Waals surface area contributed by atoms with Crippen molar-refractivity contribution in [2.24, 2.45) is 10.2 Å².